The fourth-order valence-electron chi connectivity index (χ4n) is 3.64. The third-order valence-corrected chi connectivity index (χ3v) is 5.25. The number of piperazine rings is 1. The molecular formula is C20H22FN4O+. The number of aromatic nitrogens is 2. The third-order valence-electron chi connectivity index (χ3n) is 5.25. The monoisotopic (exact) mass is 353 g/mol. The standard InChI is InChI=1S/C20H21FN4O/c1-14(19-22-18-5-3-2-4-17(18)20(26)23-19)24-10-12-25(13-11-24)16-8-6-15(21)7-9-16/h2-9,14H,10-13H2,1H3,(H,22,23,26)/p+1/t14-/m1/s1. The maximum atomic E-state index is 13.1. The Kier molecular flexibility index (Phi) is 4.42. The average molecular weight is 353 g/mol. The molecule has 2 aromatic carbocycles. The van der Waals surface area contributed by atoms with Gasteiger partial charge < -0.3 is 14.8 Å². The predicted molar refractivity (Wildman–Crippen MR) is 100 cm³/mol. The van der Waals surface area contributed by atoms with E-state index in [2.05, 4.69) is 21.8 Å². The largest absolute Gasteiger partial charge is 0.360 e. The fraction of sp³-hybridized carbons (Fsp3) is 0.300. The first-order valence-corrected chi connectivity index (χ1v) is 8.96. The molecule has 1 fully saturated rings. The molecule has 6 heteroatoms. The zero-order chi connectivity index (χ0) is 18.1. The zero-order valence-corrected chi connectivity index (χ0v) is 14.7. The van der Waals surface area contributed by atoms with Crippen molar-refractivity contribution in [2.24, 2.45) is 0 Å². The Morgan fingerprint density at radius 1 is 1.12 bits per heavy atom. The lowest BCUT2D eigenvalue weighted by atomic mass is 10.2. The van der Waals surface area contributed by atoms with Crippen molar-refractivity contribution in [3.63, 3.8) is 0 Å². The number of nitrogens with zero attached hydrogens (tertiary/aromatic N) is 2. The number of quaternary nitrogens is 1. The zero-order valence-electron chi connectivity index (χ0n) is 14.7. The van der Waals surface area contributed by atoms with Crippen molar-refractivity contribution in [1.29, 1.82) is 0 Å². The smallest absolute Gasteiger partial charge is 0.258 e. The number of aromatic amines is 1. The highest BCUT2D eigenvalue weighted by Crippen LogP contribution is 2.15. The van der Waals surface area contributed by atoms with Crippen molar-refractivity contribution in [2.45, 2.75) is 13.0 Å². The summed E-state index contributed by atoms with van der Waals surface area (Å²) in [6.45, 7) is 5.77. The summed E-state index contributed by atoms with van der Waals surface area (Å²) < 4.78 is 13.1. The first kappa shape index (κ1) is 16.7. The number of H-pyrrole nitrogens is 1. The fourth-order valence-corrected chi connectivity index (χ4v) is 3.64. The first-order valence-electron chi connectivity index (χ1n) is 8.96. The molecule has 2 heterocycles. The van der Waals surface area contributed by atoms with Crippen LogP contribution in [0, 0.1) is 5.82 Å². The Bertz CT molecular complexity index is 961. The van der Waals surface area contributed by atoms with E-state index in [4.69, 9.17) is 0 Å². The highest BCUT2D eigenvalue weighted by Gasteiger charge is 2.27. The van der Waals surface area contributed by atoms with Gasteiger partial charge in [0.05, 0.1) is 37.1 Å². The summed E-state index contributed by atoms with van der Waals surface area (Å²) in [5.74, 6) is 0.525. The van der Waals surface area contributed by atoms with Crippen LogP contribution in [0.5, 0.6) is 0 Å². The highest BCUT2D eigenvalue weighted by molar-refractivity contribution is 5.77. The van der Waals surface area contributed by atoms with Gasteiger partial charge in [-0.2, -0.15) is 0 Å². The van der Waals surface area contributed by atoms with Crippen molar-refractivity contribution < 1.29 is 9.29 Å². The molecular weight excluding hydrogens is 331 g/mol. The van der Waals surface area contributed by atoms with Gasteiger partial charge in [0, 0.05) is 5.69 Å². The van der Waals surface area contributed by atoms with Gasteiger partial charge in [0.25, 0.3) is 5.56 Å². The van der Waals surface area contributed by atoms with Gasteiger partial charge in [0.2, 0.25) is 0 Å². The number of para-hydroxylation sites is 1. The van der Waals surface area contributed by atoms with Gasteiger partial charge in [-0.05, 0) is 43.3 Å². The van der Waals surface area contributed by atoms with Crippen LogP contribution in [0.3, 0.4) is 0 Å². The molecule has 4 rings (SSSR count). The van der Waals surface area contributed by atoms with Crippen LogP contribution in [-0.2, 0) is 0 Å². The van der Waals surface area contributed by atoms with E-state index in [1.54, 1.807) is 6.07 Å². The number of hydrogen-bond donors (Lipinski definition) is 2. The van der Waals surface area contributed by atoms with Gasteiger partial charge in [-0.25, -0.2) is 9.37 Å². The third kappa shape index (κ3) is 3.20. The number of anilines is 1. The SMILES string of the molecule is C[C@H](c1nc2ccccc2c(=O)[nH]1)[NH+]1CCN(c2ccc(F)cc2)CC1. The Labute approximate surface area is 151 Å². The van der Waals surface area contributed by atoms with Crippen molar-refractivity contribution in [2.75, 3.05) is 31.1 Å². The molecule has 3 aromatic rings. The molecule has 0 amide bonds. The molecule has 5 nitrogen and oxygen atoms in total. The number of fused-ring (bicyclic) bond motifs is 1. The molecule has 0 aliphatic carbocycles. The number of benzene rings is 2. The van der Waals surface area contributed by atoms with Crippen molar-refractivity contribution in [3.05, 3.63) is 70.5 Å². The summed E-state index contributed by atoms with van der Waals surface area (Å²) in [5, 5.41) is 0.625. The van der Waals surface area contributed by atoms with Crippen LogP contribution in [-0.4, -0.2) is 36.1 Å². The summed E-state index contributed by atoms with van der Waals surface area (Å²) in [6.07, 6.45) is 0. The van der Waals surface area contributed by atoms with E-state index in [9.17, 15) is 9.18 Å². The molecule has 0 unspecified atom stereocenters. The molecule has 1 atom stereocenters. The molecule has 0 spiro atoms. The van der Waals surface area contributed by atoms with Crippen LogP contribution in [0.25, 0.3) is 10.9 Å². The van der Waals surface area contributed by atoms with Crippen LogP contribution in [0.15, 0.2) is 53.3 Å². The van der Waals surface area contributed by atoms with Crippen LogP contribution in [0.1, 0.15) is 18.8 Å². The quantitative estimate of drug-likeness (QED) is 0.751. The van der Waals surface area contributed by atoms with Gasteiger partial charge in [0.15, 0.2) is 5.82 Å². The van der Waals surface area contributed by atoms with Gasteiger partial charge >= 0.3 is 0 Å². The van der Waals surface area contributed by atoms with E-state index < -0.39 is 0 Å². The van der Waals surface area contributed by atoms with Crippen LogP contribution >= 0.6 is 0 Å². The second-order valence-electron chi connectivity index (χ2n) is 6.81. The van der Waals surface area contributed by atoms with Gasteiger partial charge in [-0.1, -0.05) is 12.1 Å². The lowest BCUT2D eigenvalue weighted by Gasteiger charge is -2.36. The minimum atomic E-state index is -0.210. The van der Waals surface area contributed by atoms with Crippen LogP contribution in [0.2, 0.25) is 0 Å². The van der Waals surface area contributed by atoms with Crippen molar-refractivity contribution in [3.8, 4) is 0 Å². The van der Waals surface area contributed by atoms with E-state index >= 15 is 0 Å². The Morgan fingerprint density at radius 2 is 1.81 bits per heavy atom. The molecule has 1 saturated heterocycles. The van der Waals surface area contributed by atoms with Crippen LogP contribution in [0.4, 0.5) is 10.1 Å². The van der Waals surface area contributed by atoms with E-state index in [1.165, 1.54) is 17.0 Å². The summed E-state index contributed by atoms with van der Waals surface area (Å²) in [4.78, 5) is 23.6. The molecule has 2 N–H and O–H groups in total. The molecule has 0 bridgehead atoms. The van der Waals surface area contributed by atoms with Crippen molar-refractivity contribution >= 4 is 16.6 Å². The van der Waals surface area contributed by atoms with E-state index in [-0.39, 0.29) is 17.4 Å². The molecule has 0 radical (unpaired) electrons. The lowest BCUT2D eigenvalue weighted by molar-refractivity contribution is -0.930. The summed E-state index contributed by atoms with van der Waals surface area (Å²) >= 11 is 0. The van der Waals surface area contributed by atoms with E-state index in [0.717, 1.165) is 43.2 Å². The molecule has 1 aliphatic rings. The average Bonchev–Trinajstić information content (AvgIpc) is 2.68. The molecule has 134 valence electrons. The summed E-state index contributed by atoms with van der Waals surface area (Å²) in [7, 11) is 0. The maximum Gasteiger partial charge on any atom is 0.258 e. The Morgan fingerprint density at radius 3 is 2.54 bits per heavy atom. The number of hydrogen-bond acceptors (Lipinski definition) is 3. The van der Waals surface area contributed by atoms with E-state index in [1.807, 2.05) is 30.3 Å². The highest BCUT2D eigenvalue weighted by atomic mass is 19.1. The molecule has 1 aromatic heterocycles. The molecule has 26 heavy (non-hydrogen) atoms. The Hall–Kier alpha value is -2.73. The summed E-state index contributed by atoms with van der Waals surface area (Å²) in [6, 6.07) is 14.2. The second-order valence-corrected chi connectivity index (χ2v) is 6.81. The minimum absolute atomic E-state index is 0.0817. The first-order chi connectivity index (χ1) is 12.6. The maximum absolute atomic E-state index is 13.1. The topological polar surface area (TPSA) is 53.4 Å². The normalized spacial score (nSPS) is 16.8. The van der Waals surface area contributed by atoms with Gasteiger partial charge in [0.1, 0.15) is 11.9 Å². The summed E-state index contributed by atoms with van der Waals surface area (Å²) in [5.41, 5.74) is 1.71. The molecule has 1 aliphatic heterocycles. The van der Waals surface area contributed by atoms with Crippen LogP contribution < -0.4 is 15.4 Å². The number of halogens is 1. The van der Waals surface area contributed by atoms with Crippen molar-refractivity contribution in [1.82, 2.24) is 9.97 Å². The minimum Gasteiger partial charge on any atom is -0.360 e. The lowest BCUT2D eigenvalue weighted by Crippen LogP contribution is -3.14. The number of rotatable bonds is 3. The van der Waals surface area contributed by atoms with Gasteiger partial charge in [-0.15, -0.1) is 0 Å². The second kappa shape index (κ2) is 6.88. The predicted octanol–water partition coefficient (Wildman–Crippen LogP) is 1.53. The number of nitrogens with one attached hydrogen (secondary N) is 2. The molecule has 0 saturated carbocycles. The van der Waals surface area contributed by atoms with Gasteiger partial charge in [-0.3, -0.25) is 4.79 Å². The Balaban J connectivity index is 1.49. The van der Waals surface area contributed by atoms with E-state index in [0.29, 0.717) is 5.39 Å².